The lowest BCUT2D eigenvalue weighted by atomic mass is 9.73. The first kappa shape index (κ1) is 27.0. The number of aliphatic hydroxyl groups is 2. The summed E-state index contributed by atoms with van der Waals surface area (Å²) in [6, 6.07) is -0.247. The zero-order valence-electron chi connectivity index (χ0n) is 21.2. The highest BCUT2D eigenvalue weighted by Crippen LogP contribution is 2.35. The predicted molar refractivity (Wildman–Crippen MR) is 133 cm³/mol. The molecule has 4 unspecified atom stereocenters. The van der Waals surface area contributed by atoms with Gasteiger partial charge in [0.15, 0.2) is 0 Å². The number of carbonyl (C=O) groups is 2. The van der Waals surface area contributed by atoms with Crippen molar-refractivity contribution in [3.8, 4) is 0 Å². The standard InChI is InChI=1S/C26H40N2O5S/c1-14-8-7-9-20-21(33-20)11-19(15(2)10-18-13-34-17(4)27-18)28-23(30)12-22(29)26(5,6)25(32)16(3)24(14)31/h10,13-14,16,19-22,24,29,31H,7-9,11-12H2,1-6H3,(H,28,30)/b15-10+/t14?,16?,19-,20+,21?,22?,24-/m0/s1. The highest BCUT2D eigenvalue weighted by Gasteiger charge is 2.44. The van der Waals surface area contributed by atoms with E-state index < -0.39 is 23.5 Å². The Morgan fingerprint density at radius 3 is 2.59 bits per heavy atom. The normalized spacial score (nSPS) is 36.0. The summed E-state index contributed by atoms with van der Waals surface area (Å²) < 4.78 is 5.91. The fraction of sp³-hybridized carbons (Fsp3) is 0.731. The van der Waals surface area contributed by atoms with E-state index >= 15 is 0 Å². The zero-order chi connectivity index (χ0) is 25.2. The summed E-state index contributed by atoms with van der Waals surface area (Å²) in [5.41, 5.74) is 0.685. The van der Waals surface area contributed by atoms with Gasteiger partial charge in [-0.2, -0.15) is 0 Å². The van der Waals surface area contributed by atoms with Gasteiger partial charge in [-0.15, -0.1) is 11.3 Å². The van der Waals surface area contributed by atoms with Gasteiger partial charge in [-0.25, -0.2) is 4.98 Å². The Balaban J connectivity index is 1.81. The number of thiazole rings is 1. The maximum atomic E-state index is 13.2. The van der Waals surface area contributed by atoms with Crippen LogP contribution in [-0.2, 0) is 14.3 Å². The first-order valence-corrected chi connectivity index (χ1v) is 13.2. The Morgan fingerprint density at radius 2 is 1.94 bits per heavy atom. The van der Waals surface area contributed by atoms with Gasteiger partial charge < -0.3 is 20.3 Å². The largest absolute Gasteiger partial charge is 0.392 e. The lowest BCUT2D eigenvalue weighted by Gasteiger charge is -2.34. The molecule has 8 heteroatoms. The van der Waals surface area contributed by atoms with Crippen LogP contribution in [0.5, 0.6) is 0 Å². The van der Waals surface area contributed by atoms with E-state index in [9.17, 15) is 19.8 Å². The number of aryl methyl sites for hydroxylation is 1. The molecule has 0 aromatic carbocycles. The van der Waals surface area contributed by atoms with Crippen LogP contribution < -0.4 is 5.32 Å². The number of Topliss-reactive ketones (excluding diaryl/α,β-unsaturated/α-hetero) is 1. The summed E-state index contributed by atoms with van der Waals surface area (Å²) in [6.07, 6.45) is 3.31. The fourth-order valence-corrected chi connectivity index (χ4v) is 5.48. The number of hydrogen-bond acceptors (Lipinski definition) is 7. The van der Waals surface area contributed by atoms with Gasteiger partial charge in [-0.05, 0) is 44.3 Å². The number of hydrogen-bond donors (Lipinski definition) is 3. The van der Waals surface area contributed by atoms with E-state index in [0.29, 0.717) is 6.42 Å². The summed E-state index contributed by atoms with van der Waals surface area (Å²) >= 11 is 1.58. The SMILES string of the molecule is C/C(=C\c1csc(C)n1)[C@@H]1CC2O[C@@H]2CCCC(C)[C@H](O)C(C)C(=O)C(C)(C)C(O)CC(=O)N1. The number of ketones is 1. The molecule has 0 bridgehead atoms. The topological polar surface area (TPSA) is 112 Å². The Morgan fingerprint density at radius 1 is 1.24 bits per heavy atom. The van der Waals surface area contributed by atoms with Gasteiger partial charge >= 0.3 is 0 Å². The van der Waals surface area contributed by atoms with Gasteiger partial charge in [-0.3, -0.25) is 9.59 Å². The number of rotatable bonds is 2. The Bertz CT molecular complexity index is 911. The van der Waals surface area contributed by atoms with Crippen molar-refractivity contribution < 1.29 is 24.5 Å². The van der Waals surface area contributed by atoms with Crippen LogP contribution >= 0.6 is 11.3 Å². The number of aromatic nitrogens is 1. The molecule has 3 heterocycles. The minimum absolute atomic E-state index is 0.0419. The predicted octanol–water partition coefficient (Wildman–Crippen LogP) is 3.66. The molecule has 0 saturated carbocycles. The lowest BCUT2D eigenvalue weighted by molar-refractivity contribution is -0.143. The van der Waals surface area contributed by atoms with E-state index in [1.54, 1.807) is 32.1 Å². The second-order valence-corrected chi connectivity index (χ2v) is 11.8. The summed E-state index contributed by atoms with van der Waals surface area (Å²) in [4.78, 5) is 30.6. The minimum Gasteiger partial charge on any atom is -0.392 e. The molecule has 1 aromatic heterocycles. The molecule has 0 spiro atoms. The summed E-state index contributed by atoms with van der Waals surface area (Å²) in [5.74, 6) is -1.21. The van der Waals surface area contributed by atoms with Gasteiger partial charge in [0.1, 0.15) is 5.78 Å². The third-order valence-corrected chi connectivity index (χ3v) is 8.35. The van der Waals surface area contributed by atoms with Crippen LogP contribution in [0.4, 0.5) is 0 Å². The molecule has 7 atom stereocenters. The molecule has 7 nitrogen and oxygen atoms in total. The second kappa shape index (κ2) is 11.0. The summed E-state index contributed by atoms with van der Waals surface area (Å²) in [5, 5.41) is 27.7. The van der Waals surface area contributed by atoms with Crippen LogP contribution in [0.15, 0.2) is 11.0 Å². The molecule has 3 rings (SSSR count). The van der Waals surface area contributed by atoms with Crippen molar-refractivity contribution >= 4 is 29.1 Å². The highest BCUT2D eigenvalue weighted by atomic mass is 32.1. The molecule has 0 aliphatic carbocycles. The van der Waals surface area contributed by atoms with E-state index in [1.807, 2.05) is 32.2 Å². The average Bonchev–Trinajstić information content (AvgIpc) is 3.38. The quantitative estimate of drug-likeness (QED) is 0.543. The van der Waals surface area contributed by atoms with E-state index in [-0.39, 0.29) is 42.3 Å². The molecular formula is C26H40N2O5S. The van der Waals surface area contributed by atoms with Crippen molar-refractivity contribution in [2.75, 3.05) is 0 Å². The number of nitrogens with zero attached hydrogens (tertiary/aromatic N) is 1. The number of nitrogens with one attached hydrogen (secondary N) is 1. The van der Waals surface area contributed by atoms with Crippen molar-refractivity contribution in [3.05, 3.63) is 21.7 Å². The third kappa shape index (κ3) is 6.53. The molecular weight excluding hydrogens is 452 g/mol. The fourth-order valence-electron chi connectivity index (χ4n) is 4.91. The van der Waals surface area contributed by atoms with Crippen LogP contribution in [0.1, 0.15) is 77.4 Å². The highest BCUT2D eigenvalue weighted by molar-refractivity contribution is 7.09. The number of fused-ring (bicyclic) bond motifs is 1. The molecule has 2 saturated heterocycles. The first-order chi connectivity index (χ1) is 15.9. The van der Waals surface area contributed by atoms with Crippen LogP contribution in [0, 0.1) is 24.2 Å². The Hall–Kier alpha value is -1.61. The molecule has 34 heavy (non-hydrogen) atoms. The Kier molecular flexibility index (Phi) is 8.71. The smallest absolute Gasteiger partial charge is 0.223 e. The van der Waals surface area contributed by atoms with Crippen LogP contribution in [0.3, 0.4) is 0 Å². The van der Waals surface area contributed by atoms with Crippen LogP contribution in [0.2, 0.25) is 0 Å². The summed E-state index contributed by atoms with van der Waals surface area (Å²) in [7, 11) is 0. The molecule has 2 aliphatic heterocycles. The van der Waals surface area contributed by atoms with Gasteiger partial charge in [0.05, 0.1) is 53.0 Å². The van der Waals surface area contributed by atoms with Crippen molar-refractivity contribution in [2.24, 2.45) is 17.3 Å². The zero-order valence-corrected chi connectivity index (χ0v) is 22.0. The first-order valence-electron chi connectivity index (χ1n) is 12.4. The van der Waals surface area contributed by atoms with Crippen LogP contribution in [0.25, 0.3) is 6.08 Å². The molecule has 2 aliphatic rings. The number of carbonyl (C=O) groups excluding carboxylic acids is 2. The average molecular weight is 493 g/mol. The van der Waals surface area contributed by atoms with E-state index in [4.69, 9.17) is 4.74 Å². The van der Waals surface area contributed by atoms with E-state index in [0.717, 1.165) is 35.5 Å². The minimum atomic E-state index is -1.16. The lowest BCUT2D eigenvalue weighted by Crippen LogP contribution is -2.47. The van der Waals surface area contributed by atoms with Crippen molar-refractivity contribution in [2.45, 2.75) is 104 Å². The molecule has 2 fully saturated rings. The monoisotopic (exact) mass is 492 g/mol. The molecule has 190 valence electrons. The number of ether oxygens (including phenoxy) is 1. The second-order valence-electron chi connectivity index (χ2n) is 10.7. The van der Waals surface area contributed by atoms with Crippen molar-refractivity contribution in [3.63, 3.8) is 0 Å². The summed E-state index contributed by atoms with van der Waals surface area (Å²) in [6.45, 7) is 10.9. The van der Waals surface area contributed by atoms with Crippen molar-refractivity contribution in [1.29, 1.82) is 0 Å². The number of amides is 1. The molecule has 0 radical (unpaired) electrons. The molecule has 3 N–H and O–H groups in total. The third-order valence-electron chi connectivity index (χ3n) is 7.56. The number of epoxide rings is 1. The maximum absolute atomic E-state index is 13.2. The van der Waals surface area contributed by atoms with Gasteiger partial charge in [-0.1, -0.05) is 34.1 Å². The van der Waals surface area contributed by atoms with E-state index in [1.165, 1.54) is 0 Å². The Labute approximate surface area is 207 Å². The molecule has 1 amide bonds. The van der Waals surface area contributed by atoms with Gasteiger partial charge in [0.25, 0.3) is 0 Å². The van der Waals surface area contributed by atoms with Gasteiger partial charge in [0, 0.05) is 17.7 Å². The van der Waals surface area contributed by atoms with E-state index in [2.05, 4.69) is 10.3 Å². The molecule has 1 aromatic rings. The van der Waals surface area contributed by atoms with Gasteiger partial charge in [0.2, 0.25) is 5.91 Å². The number of aliphatic hydroxyl groups excluding tert-OH is 2. The maximum Gasteiger partial charge on any atom is 0.223 e. The van der Waals surface area contributed by atoms with Crippen molar-refractivity contribution in [1.82, 2.24) is 10.3 Å². The van der Waals surface area contributed by atoms with Crippen LogP contribution in [-0.4, -0.2) is 57.3 Å².